The Hall–Kier alpha value is -2.52. The second-order valence-corrected chi connectivity index (χ2v) is 7.84. The molecule has 0 heterocycles. The summed E-state index contributed by atoms with van der Waals surface area (Å²) in [6.07, 6.45) is 9.18. The van der Waals surface area contributed by atoms with Gasteiger partial charge in [0, 0.05) is 12.5 Å². The van der Waals surface area contributed by atoms with E-state index in [1.165, 1.54) is 29.5 Å². The van der Waals surface area contributed by atoms with Crippen LogP contribution in [0.15, 0.2) is 72.3 Å². The first-order valence-electron chi connectivity index (χ1n) is 11.1. The van der Waals surface area contributed by atoms with Crippen LogP contribution in [0.2, 0.25) is 0 Å². The van der Waals surface area contributed by atoms with Crippen molar-refractivity contribution in [1.29, 1.82) is 0 Å². The zero-order valence-electron chi connectivity index (χ0n) is 20.6. The number of benzene rings is 2. The summed E-state index contributed by atoms with van der Waals surface area (Å²) in [6, 6.07) is 15.6. The average molecular weight is 427 g/mol. The van der Waals surface area contributed by atoms with Crippen molar-refractivity contribution in [2.45, 2.75) is 72.8 Å². The van der Waals surface area contributed by atoms with Gasteiger partial charge in [0.1, 0.15) is 11.5 Å². The number of ether oxygens (including phenoxy) is 1. The molecule has 0 bridgehead atoms. The standard InChI is InChI=1S/C18H22O2.C7H10.C2H6.CH4O/c1-13(2)20-17-11-7-15(8-12-17)18(3,4)14-5-9-16(19)10-6-14;1-7-5-3-2-4-6-7;2*1-2/h5-13,19H,1-4H3;2-3,5H,4,6H2,1H3;1-2H3;2H,1H3. The molecule has 3 heteroatoms. The Kier molecular flexibility index (Phi) is 14.1. The minimum absolute atomic E-state index is 0.107. The summed E-state index contributed by atoms with van der Waals surface area (Å²) in [5.74, 6) is 1.19. The topological polar surface area (TPSA) is 49.7 Å². The Morgan fingerprint density at radius 2 is 1.35 bits per heavy atom. The van der Waals surface area contributed by atoms with E-state index in [1.54, 1.807) is 12.1 Å². The first kappa shape index (κ1) is 28.5. The minimum Gasteiger partial charge on any atom is -0.508 e. The van der Waals surface area contributed by atoms with Gasteiger partial charge in [0.25, 0.3) is 0 Å². The number of hydrogen-bond acceptors (Lipinski definition) is 3. The van der Waals surface area contributed by atoms with Crippen LogP contribution in [-0.4, -0.2) is 23.4 Å². The highest BCUT2D eigenvalue weighted by Crippen LogP contribution is 2.33. The largest absolute Gasteiger partial charge is 0.508 e. The average Bonchev–Trinajstić information content (AvgIpc) is 2.78. The Morgan fingerprint density at radius 1 is 0.871 bits per heavy atom. The van der Waals surface area contributed by atoms with Crippen LogP contribution in [0.3, 0.4) is 0 Å². The van der Waals surface area contributed by atoms with Gasteiger partial charge in [0.15, 0.2) is 0 Å². The maximum Gasteiger partial charge on any atom is 0.119 e. The number of aliphatic hydroxyl groups excluding tert-OH is 1. The third-order valence-electron chi connectivity index (χ3n) is 4.76. The van der Waals surface area contributed by atoms with Gasteiger partial charge in [-0.3, -0.25) is 0 Å². The fourth-order valence-electron chi connectivity index (χ4n) is 2.99. The Balaban J connectivity index is 0.000000681. The van der Waals surface area contributed by atoms with E-state index in [-0.39, 0.29) is 11.5 Å². The van der Waals surface area contributed by atoms with Gasteiger partial charge in [-0.1, -0.05) is 75.8 Å². The lowest BCUT2D eigenvalue weighted by atomic mass is 9.78. The summed E-state index contributed by atoms with van der Waals surface area (Å²) in [5.41, 5.74) is 3.79. The van der Waals surface area contributed by atoms with Gasteiger partial charge in [-0.15, -0.1) is 0 Å². The van der Waals surface area contributed by atoms with E-state index in [4.69, 9.17) is 9.84 Å². The number of hydrogen-bond donors (Lipinski definition) is 2. The van der Waals surface area contributed by atoms with Crippen LogP contribution in [0.1, 0.15) is 72.4 Å². The van der Waals surface area contributed by atoms with Crippen LogP contribution >= 0.6 is 0 Å². The third-order valence-corrected chi connectivity index (χ3v) is 4.76. The molecule has 1 aliphatic rings. The number of allylic oxidation sites excluding steroid dienone is 4. The number of aliphatic hydroxyl groups is 1. The molecule has 0 saturated carbocycles. The predicted molar refractivity (Wildman–Crippen MR) is 134 cm³/mol. The van der Waals surface area contributed by atoms with Gasteiger partial charge >= 0.3 is 0 Å². The van der Waals surface area contributed by atoms with Crippen LogP contribution < -0.4 is 4.74 Å². The number of phenolic OH excluding ortho intramolecular Hbond substituents is 1. The molecule has 2 aromatic carbocycles. The number of rotatable bonds is 4. The van der Waals surface area contributed by atoms with Gasteiger partial charge in [0.05, 0.1) is 6.10 Å². The van der Waals surface area contributed by atoms with Crippen LogP contribution in [0.4, 0.5) is 0 Å². The fraction of sp³-hybridized carbons (Fsp3) is 0.429. The van der Waals surface area contributed by atoms with Crippen molar-refractivity contribution in [3.05, 3.63) is 83.5 Å². The van der Waals surface area contributed by atoms with E-state index in [9.17, 15) is 5.11 Å². The molecule has 0 atom stereocenters. The van der Waals surface area contributed by atoms with Crippen molar-refractivity contribution in [3.8, 4) is 11.5 Å². The van der Waals surface area contributed by atoms with Gasteiger partial charge in [-0.05, 0) is 69.0 Å². The Bertz CT molecular complexity index is 767. The predicted octanol–water partition coefficient (Wildman–Crippen LogP) is 7.42. The molecule has 2 N–H and O–H groups in total. The lowest BCUT2D eigenvalue weighted by Gasteiger charge is -2.26. The monoisotopic (exact) mass is 426 g/mol. The first-order chi connectivity index (χ1) is 14.8. The summed E-state index contributed by atoms with van der Waals surface area (Å²) < 4.78 is 5.67. The SMILES string of the molecule is CC.CC(C)Oc1ccc(C(C)(C)c2ccc(O)cc2)cc1.CC1=CC=CCC1.CO. The zero-order chi connectivity index (χ0) is 23.9. The molecule has 1 aliphatic carbocycles. The molecule has 0 saturated heterocycles. The molecule has 172 valence electrons. The molecule has 0 aromatic heterocycles. The van der Waals surface area contributed by atoms with Crippen molar-refractivity contribution in [2.75, 3.05) is 7.11 Å². The van der Waals surface area contributed by atoms with Crippen LogP contribution in [0, 0.1) is 0 Å². The molecule has 31 heavy (non-hydrogen) atoms. The highest BCUT2D eigenvalue weighted by Gasteiger charge is 2.23. The number of phenols is 1. The van der Waals surface area contributed by atoms with Gasteiger partial charge < -0.3 is 14.9 Å². The Morgan fingerprint density at radius 3 is 1.71 bits per heavy atom. The summed E-state index contributed by atoms with van der Waals surface area (Å²) >= 11 is 0. The summed E-state index contributed by atoms with van der Waals surface area (Å²) in [4.78, 5) is 0. The second-order valence-electron chi connectivity index (χ2n) is 7.84. The molecule has 0 radical (unpaired) electrons. The molecule has 3 rings (SSSR count). The molecular weight excluding hydrogens is 384 g/mol. The van der Waals surface area contributed by atoms with Gasteiger partial charge in [-0.25, -0.2) is 0 Å². The highest BCUT2D eigenvalue weighted by atomic mass is 16.5. The summed E-state index contributed by atoms with van der Waals surface area (Å²) in [5, 5.41) is 16.4. The second kappa shape index (κ2) is 15.3. The van der Waals surface area contributed by atoms with E-state index in [0.717, 1.165) is 12.9 Å². The molecule has 0 amide bonds. The molecule has 0 aliphatic heterocycles. The lowest BCUT2D eigenvalue weighted by Crippen LogP contribution is -2.18. The van der Waals surface area contributed by atoms with E-state index in [1.807, 2.05) is 52.0 Å². The lowest BCUT2D eigenvalue weighted by molar-refractivity contribution is 0.242. The quantitative estimate of drug-likeness (QED) is 0.534. The molecule has 0 spiro atoms. The molecule has 0 unspecified atom stereocenters. The summed E-state index contributed by atoms with van der Waals surface area (Å²) in [6.45, 7) is 14.6. The Labute approximate surface area is 190 Å². The summed E-state index contributed by atoms with van der Waals surface area (Å²) in [7, 11) is 1.00. The minimum atomic E-state index is -0.107. The van der Waals surface area contributed by atoms with Crippen molar-refractivity contribution in [2.24, 2.45) is 0 Å². The highest BCUT2D eigenvalue weighted by molar-refractivity contribution is 5.41. The van der Waals surface area contributed by atoms with E-state index in [2.05, 4.69) is 51.1 Å². The molecule has 0 fully saturated rings. The van der Waals surface area contributed by atoms with Crippen molar-refractivity contribution >= 4 is 0 Å². The first-order valence-corrected chi connectivity index (χ1v) is 11.1. The molecular formula is C28H42O3. The van der Waals surface area contributed by atoms with E-state index < -0.39 is 0 Å². The van der Waals surface area contributed by atoms with E-state index >= 15 is 0 Å². The van der Waals surface area contributed by atoms with Crippen molar-refractivity contribution < 1.29 is 14.9 Å². The maximum absolute atomic E-state index is 9.40. The van der Waals surface area contributed by atoms with Crippen LogP contribution in [0.25, 0.3) is 0 Å². The third kappa shape index (κ3) is 10.4. The zero-order valence-corrected chi connectivity index (χ0v) is 20.6. The van der Waals surface area contributed by atoms with Crippen molar-refractivity contribution in [3.63, 3.8) is 0 Å². The smallest absolute Gasteiger partial charge is 0.119 e. The maximum atomic E-state index is 9.40. The van der Waals surface area contributed by atoms with Gasteiger partial charge in [-0.2, -0.15) is 0 Å². The van der Waals surface area contributed by atoms with Crippen LogP contribution in [0.5, 0.6) is 11.5 Å². The van der Waals surface area contributed by atoms with Crippen LogP contribution in [-0.2, 0) is 5.41 Å². The normalized spacial score (nSPS) is 12.3. The van der Waals surface area contributed by atoms with E-state index in [0.29, 0.717) is 5.75 Å². The van der Waals surface area contributed by atoms with Crippen molar-refractivity contribution in [1.82, 2.24) is 0 Å². The molecule has 3 nitrogen and oxygen atoms in total. The molecule has 2 aromatic rings. The van der Waals surface area contributed by atoms with Gasteiger partial charge in [0.2, 0.25) is 0 Å². The number of aromatic hydroxyl groups is 1. The fourth-order valence-corrected chi connectivity index (χ4v) is 2.99.